The summed E-state index contributed by atoms with van der Waals surface area (Å²) in [5, 5.41) is 2.39. The number of thiazole rings is 1. The Bertz CT molecular complexity index is 413. The van der Waals surface area contributed by atoms with Gasteiger partial charge in [0.1, 0.15) is 0 Å². The lowest BCUT2D eigenvalue weighted by Crippen LogP contribution is -2.33. The molecule has 0 atom stereocenters. The summed E-state index contributed by atoms with van der Waals surface area (Å²) in [5.41, 5.74) is 3.08. The van der Waals surface area contributed by atoms with E-state index in [2.05, 4.69) is 22.2 Å². The first-order valence-corrected chi connectivity index (χ1v) is 7.78. The van der Waals surface area contributed by atoms with Gasteiger partial charge in [0.05, 0.1) is 5.69 Å². The van der Waals surface area contributed by atoms with Crippen LogP contribution in [0.2, 0.25) is 0 Å². The molecule has 6 heteroatoms. The lowest BCUT2D eigenvalue weighted by Gasteiger charge is -2.31. The van der Waals surface area contributed by atoms with Crippen LogP contribution >= 0.6 is 11.3 Å². The van der Waals surface area contributed by atoms with Gasteiger partial charge in [-0.2, -0.15) is 0 Å². The standard InChI is InChI=1S/C13H22N4OS/c1-2-3-10-4-6-17(7-5-10)8-11-9-19-13(15-11)12(18)16-14/h9-10H,2-8,14H2,1H3,(H,16,18). The van der Waals surface area contributed by atoms with E-state index in [1.54, 1.807) is 0 Å². The normalized spacial score (nSPS) is 17.6. The number of carbonyl (C=O) groups is 1. The summed E-state index contributed by atoms with van der Waals surface area (Å²) in [7, 11) is 0. The van der Waals surface area contributed by atoms with Crippen LogP contribution in [0.25, 0.3) is 0 Å². The van der Waals surface area contributed by atoms with Crippen molar-refractivity contribution in [2.45, 2.75) is 39.2 Å². The number of rotatable bonds is 5. The van der Waals surface area contributed by atoms with Gasteiger partial charge < -0.3 is 0 Å². The first-order valence-electron chi connectivity index (χ1n) is 6.90. The highest BCUT2D eigenvalue weighted by Crippen LogP contribution is 2.23. The van der Waals surface area contributed by atoms with E-state index in [0.717, 1.165) is 31.2 Å². The Morgan fingerprint density at radius 2 is 2.32 bits per heavy atom. The van der Waals surface area contributed by atoms with Gasteiger partial charge in [0.25, 0.3) is 5.91 Å². The number of amides is 1. The van der Waals surface area contributed by atoms with E-state index >= 15 is 0 Å². The first-order chi connectivity index (χ1) is 9.22. The molecule has 3 N–H and O–H groups in total. The molecule has 0 bridgehead atoms. The summed E-state index contributed by atoms with van der Waals surface area (Å²) in [4.78, 5) is 18.1. The minimum Gasteiger partial charge on any atom is -0.297 e. The minimum atomic E-state index is -0.307. The van der Waals surface area contributed by atoms with Gasteiger partial charge in [0, 0.05) is 11.9 Å². The maximum Gasteiger partial charge on any atom is 0.294 e. The number of hydrazine groups is 1. The van der Waals surface area contributed by atoms with E-state index < -0.39 is 0 Å². The van der Waals surface area contributed by atoms with Crippen molar-refractivity contribution in [1.82, 2.24) is 15.3 Å². The number of hydrogen-bond acceptors (Lipinski definition) is 5. The topological polar surface area (TPSA) is 71.2 Å². The second-order valence-electron chi connectivity index (χ2n) is 5.13. The van der Waals surface area contributed by atoms with Crippen molar-refractivity contribution in [3.05, 3.63) is 16.1 Å². The van der Waals surface area contributed by atoms with Crippen molar-refractivity contribution in [3.8, 4) is 0 Å². The zero-order chi connectivity index (χ0) is 13.7. The van der Waals surface area contributed by atoms with Gasteiger partial charge in [-0.05, 0) is 31.8 Å². The maximum absolute atomic E-state index is 11.3. The zero-order valence-corrected chi connectivity index (χ0v) is 12.2. The molecule has 2 heterocycles. The van der Waals surface area contributed by atoms with Crippen LogP contribution in [0.15, 0.2) is 5.38 Å². The number of hydrogen-bond donors (Lipinski definition) is 2. The van der Waals surface area contributed by atoms with Crippen molar-refractivity contribution in [1.29, 1.82) is 0 Å². The SMILES string of the molecule is CCCC1CCN(Cc2csc(C(=O)NN)n2)CC1. The Morgan fingerprint density at radius 3 is 2.95 bits per heavy atom. The Balaban J connectivity index is 1.82. The molecular weight excluding hydrogens is 260 g/mol. The minimum absolute atomic E-state index is 0.307. The molecule has 0 spiro atoms. The number of nitrogens with one attached hydrogen (secondary N) is 1. The van der Waals surface area contributed by atoms with E-state index in [-0.39, 0.29) is 5.91 Å². The van der Waals surface area contributed by atoms with Crippen LogP contribution in [0.1, 0.15) is 48.1 Å². The lowest BCUT2D eigenvalue weighted by molar-refractivity contribution is 0.0952. The lowest BCUT2D eigenvalue weighted by atomic mass is 9.92. The van der Waals surface area contributed by atoms with Gasteiger partial charge in [-0.15, -0.1) is 11.3 Å². The van der Waals surface area contributed by atoms with Gasteiger partial charge in [-0.25, -0.2) is 10.8 Å². The molecule has 1 aromatic heterocycles. The van der Waals surface area contributed by atoms with Crippen LogP contribution in [-0.2, 0) is 6.54 Å². The largest absolute Gasteiger partial charge is 0.297 e. The number of nitrogen functional groups attached to an aromatic ring is 1. The van der Waals surface area contributed by atoms with Gasteiger partial charge >= 0.3 is 0 Å². The van der Waals surface area contributed by atoms with Gasteiger partial charge in [-0.1, -0.05) is 19.8 Å². The van der Waals surface area contributed by atoms with E-state index in [4.69, 9.17) is 5.84 Å². The second-order valence-corrected chi connectivity index (χ2v) is 5.98. The molecule has 0 saturated carbocycles. The molecule has 1 fully saturated rings. The molecule has 2 rings (SSSR count). The summed E-state index contributed by atoms with van der Waals surface area (Å²) >= 11 is 1.35. The van der Waals surface area contributed by atoms with Crippen molar-refractivity contribution in [2.24, 2.45) is 11.8 Å². The molecule has 106 valence electrons. The summed E-state index contributed by atoms with van der Waals surface area (Å²) in [6, 6.07) is 0. The van der Waals surface area contributed by atoms with Crippen LogP contribution in [0.3, 0.4) is 0 Å². The van der Waals surface area contributed by atoms with Gasteiger partial charge in [-0.3, -0.25) is 15.1 Å². The molecule has 1 saturated heterocycles. The smallest absolute Gasteiger partial charge is 0.294 e. The predicted octanol–water partition coefficient (Wildman–Crippen LogP) is 1.76. The predicted molar refractivity (Wildman–Crippen MR) is 76.7 cm³/mol. The molecular formula is C13H22N4OS. The van der Waals surface area contributed by atoms with Crippen LogP contribution in [-0.4, -0.2) is 28.9 Å². The van der Waals surface area contributed by atoms with Crippen molar-refractivity contribution < 1.29 is 4.79 Å². The summed E-state index contributed by atoms with van der Waals surface area (Å²) in [6.45, 7) is 5.38. The summed E-state index contributed by atoms with van der Waals surface area (Å²) in [5.74, 6) is 5.69. The number of carbonyl (C=O) groups excluding carboxylic acids is 1. The number of piperidine rings is 1. The third kappa shape index (κ3) is 3.99. The molecule has 0 aromatic carbocycles. The van der Waals surface area contributed by atoms with E-state index in [1.807, 2.05) is 5.38 Å². The molecule has 1 aliphatic rings. The fraction of sp³-hybridized carbons (Fsp3) is 0.692. The van der Waals surface area contributed by atoms with Crippen LogP contribution in [0, 0.1) is 5.92 Å². The number of nitrogens with zero attached hydrogens (tertiary/aromatic N) is 2. The van der Waals surface area contributed by atoms with Crippen molar-refractivity contribution in [3.63, 3.8) is 0 Å². The first kappa shape index (κ1) is 14.4. The monoisotopic (exact) mass is 282 g/mol. The third-order valence-electron chi connectivity index (χ3n) is 3.67. The van der Waals surface area contributed by atoms with Gasteiger partial charge in [0.2, 0.25) is 0 Å². The Hall–Kier alpha value is -0.980. The Kier molecular flexibility index (Phi) is 5.30. The highest BCUT2D eigenvalue weighted by molar-refractivity contribution is 7.11. The third-order valence-corrected chi connectivity index (χ3v) is 4.56. The van der Waals surface area contributed by atoms with Crippen molar-refractivity contribution >= 4 is 17.2 Å². The van der Waals surface area contributed by atoms with E-state index in [9.17, 15) is 4.79 Å². The fourth-order valence-electron chi connectivity index (χ4n) is 2.62. The molecule has 1 aromatic rings. The number of aromatic nitrogens is 1. The molecule has 0 aliphatic carbocycles. The Labute approximate surface area is 118 Å². The molecule has 0 unspecified atom stereocenters. The second kappa shape index (κ2) is 6.98. The molecule has 1 aliphatic heterocycles. The average Bonchev–Trinajstić information content (AvgIpc) is 2.89. The van der Waals surface area contributed by atoms with Crippen LogP contribution in [0.5, 0.6) is 0 Å². The van der Waals surface area contributed by atoms with Gasteiger partial charge in [0.15, 0.2) is 5.01 Å². The van der Waals surface area contributed by atoms with E-state index in [0.29, 0.717) is 5.01 Å². The van der Waals surface area contributed by atoms with Crippen molar-refractivity contribution in [2.75, 3.05) is 13.1 Å². The quantitative estimate of drug-likeness (QED) is 0.490. The molecule has 19 heavy (non-hydrogen) atoms. The molecule has 0 radical (unpaired) electrons. The number of likely N-dealkylation sites (tertiary alicyclic amines) is 1. The maximum atomic E-state index is 11.3. The molecule has 1 amide bonds. The van der Waals surface area contributed by atoms with Crippen LogP contribution < -0.4 is 11.3 Å². The summed E-state index contributed by atoms with van der Waals surface area (Å²) < 4.78 is 0. The summed E-state index contributed by atoms with van der Waals surface area (Å²) in [6.07, 6.45) is 5.21. The molecule has 5 nitrogen and oxygen atoms in total. The van der Waals surface area contributed by atoms with Crippen LogP contribution in [0.4, 0.5) is 0 Å². The highest BCUT2D eigenvalue weighted by atomic mass is 32.1. The highest BCUT2D eigenvalue weighted by Gasteiger charge is 2.19. The Morgan fingerprint density at radius 1 is 1.58 bits per heavy atom. The number of nitrogens with two attached hydrogens (primary N) is 1. The van der Waals surface area contributed by atoms with E-state index in [1.165, 1.54) is 37.0 Å². The zero-order valence-electron chi connectivity index (χ0n) is 11.4. The average molecular weight is 282 g/mol. The fourth-order valence-corrected chi connectivity index (χ4v) is 3.33.